The molecule has 1 aliphatic heterocycles. The van der Waals surface area contributed by atoms with Crippen molar-refractivity contribution in [3.8, 4) is 11.5 Å². The van der Waals surface area contributed by atoms with E-state index < -0.39 is 0 Å². The second-order valence-electron chi connectivity index (χ2n) is 7.03. The Bertz CT molecular complexity index is 708. The van der Waals surface area contributed by atoms with Crippen molar-refractivity contribution in [2.75, 3.05) is 47.1 Å². The van der Waals surface area contributed by atoms with Gasteiger partial charge in [-0.15, -0.1) is 0 Å². The fourth-order valence-corrected chi connectivity index (χ4v) is 3.83. The van der Waals surface area contributed by atoms with E-state index in [-0.39, 0.29) is 0 Å². The van der Waals surface area contributed by atoms with Gasteiger partial charge in [-0.2, -0.15) is 0 Å². The van der Waals surface area contributed by atoms with Crippen molar-refractivity contribution in [1.82, 2.24) is 4.90 Å². The normalized spacial score (nSPS) is 20.0. The first kappa shape index (κ1) is 19.7. The molecule has 0 bridgehead atoms. The average Bonchev–Trinajstić information content (AvgIpc) is 3.12. The van der Waals surface area contributed by atoms with Crippen LogP contribution in [0.2, 0.25) is 0 Å². The highest BCUT2D eigenvalue weighted by molar-refractivity contribution is 5.43. The van der Waals surface area contributed by atoms with E-state index in [1.54, 1.807) is 14.2 Å². The molecule has 0 unspecified atom stereocenters. The third-order valence-electron chi connectivity index (χ3n) is 5.23. The maximum Gasteiger partial charge on any atom is 0.161 e. The molecule has 2 aromatic carbocycles. The molecule has 0 spiro atoms. The number of hydrogen-bond donors (Lipinski definition) is 1. The van der Waals surface area contributed by atoms with Gasteiger partial charge in [-0.05, 0) is 35.7 Å². The topological polar surface area (TPSA) is 57.0 Å². The molecule has 2 aromatic rings. The lowest BCUT2D eigenvalue weighted by atomic mass is 9.89. The summed E-state index contributed by atoms with van der Waals surface area (Å²) < 4.78 is 16.3. The van der Waals surface area contributed by atoms with E-state index in [0.29, 0.717) is 31.6 Å². The van der Waals surface area contributed by atoms with Crippen LogP contribution >= 0.6 is 0 Å². The molecule has 1 heterocycles. The van der Waals surface area contributed by atoms with E-state index in [0.717, 1.165) is 31.1 Å². The molecule has 3 rings (SSSR count). The highest BCUT2D eigenvalue weighted by Gasteiger charge is 2.32. The minimum absolute atomic E-state index is 0.492. The zero-order valence-electron chi connectivity index (χ0n) is 16.3. The van der Waals surface area contributed by atoms with Crippen LogP contribution in [0.3, 0.4) is 0 Å². The molecule has 0 aliphatic carbocycles. The summed E-state index contributed by atoms with van der Waals surface area (Å²) in [5.41, 5.74) is 8.67. The van der Waals surface area contributed by atoms with Crippen molar-refractivity contribution in [3.05, 3.63) is 59.7 Å². The Balaban J connectivity index is 1.66. The second kappa shape index (κ2) is 9.74. The van der Waals surface area contributed by atoms with Crippen molar-refractivity contribution in [3.63, 3.8) is 0 Å². The van der Waals surface area contributed by atoms with E-state index in [4.69, 9.17) is 19.9 Å². The Kier molecular flexibility index (Phi) is 7.10. The summed E-state index contributed by atoms with van der Waals surface area (Å²) >= 11 is 0. The Morgan fingerprint density at radius 1 is 1.00 bits per heavy atom. The lowest BCUT2D eigenvalue weighted by Gasteiger charge is -2.18. The van der Waals surface area contributed by atoms with Crippen LogP contribution in [-0.2, 0) is 11.3 Å². The van der Waals surface area contributed by atoms with Gasteiger partial charge >= 0.3 is 0 Å². The van der Waals surface area contributed by atoms with Gasteiger partial charge < -0.3 is 19.9 Å². The first-order chi connectivity index (χ1) is 13.2. The van der Waals surface area contributed by atoms with E-state index in [9.17, 15) is 0 Å². The van der Waals surface area contributed by atoms with Gasteiger partial charge in [-0.25, -0.2) is 0 Å². The van der Waals surface area contributed by atoms with Crippen molar-refractivity contribution >= 4 is 0 Å². The largest absolute Gasteiger partial charge is 0.493 e. The highest BCUT2D eigenvalue weighted by atomic mass is 16.5. The van der Waals surface area contributed by atoms with Gasteiger partial charge in [0.2, 0.25) is 0 Å². The predicted octanol–water partition coefficient (Wildman–Crippen LogP) is 2.89. The molecule has 1 aliphatic rings. The number of rotatable bonds is 9. The maximum absolute atomic E-state index is 6.07. The van der Waals surface area contributed by atoms with Gasteiger partial charge in [0.15, 0.2) is 11.5 Å². The lowest BCUT2D eigenvalue weighted by molar-refractivity contribution is 0.144. The van der Waals surface area contributed by atoms with E-state index in [1.807, 2.05) is 6.07 Å². The molecule has 0 radical (unpaired) electrons. The summed E-state index contributed by atoms with van der Waals surface area (Å²) in [4.78, 5) is 2.48. The number of likely N-dealkylation sites (tertiary alicyclic amines) is 1. The zero-order chi connectivity index (χ0) is 19.1. The quantitative estimate of drug-likeness (QED) is 0.688. The monoisotopic (exact) mass is 370 g/mol. The van der Waals surface area contributed by atoms with Crippen LogP contribution in [0.5, 0.6) is 11.5 Å². The van der Waals surface area contributed by atoms with Crippen molar-refractivity contribution < 1.29 is 14.2 Å². The molecule has 0 amide bonds. The molecule has 146 valence electrons. The number of hydrogen-bond acceptors (Lipinski definition) is 5. The number of nitrogens with zero attached hydrogens (tertiary/aromatic N) is 1. The molecular weight excluding hydrogens is 340 g/mol. The Morgan fingerprint density at radius 2 is 1.81 bits per heavy atom. The first-order valence-electron chi connectivity index (χ1n) is 9.51. The fourth-order valence-electron chi connectivity index (χ4n) is 3.83. The third-order valence-corrected chi connectivity index (χ3v) is 5.23. The average molecular weight is 370 g/mol. The molecule has 1 saturated heterocycles. The zero-order valence-corrected chi connectivity index (χ0v) is 16.3. The number of methoxy groups -OCH3 is 2. The molecule has 2 atom stereocenters. The standard InChI is InChI=1S/C22H30N2O3/c1-25-10-11-27-21-9-8-17(12-22(21)26-2)14-24-15-19(13-23)20(16-24)18-6-4-3-5-7-18/h3-9,12,19-20H,10-11,13-16,23H2,1-2H3/t19-,20+/m1/s1. The van der Waals surface area contributed by atoms with E-state index >= 15 is 0 Å². The van der Waals surface area contributed by atoms with Crippen LogP contribution in [0.15, 0.2) is 48.5 Å². The summed E-state index contributed by atoms with van der Waals surface area (Å²) in [5, 5.41) is 0. The van der Waals surface area contributed by atoms with Crippen LogP contribution in [0, 0.1) is 5.92 Å². The molecule has 0 aromatic heterocycles. The van der Waals surface area contributed by atoms with Crippen molar-refractivity contribution in [2.45, 2.75) is 12.5 Å². The number of benzene rings is 2. The molecule has 27 heavy (non-hydrogen) atoms. The van der Waals surface area contributed by atoms with Gasteiger partial charge in [0, 0.05) is 32.7 Å². The van der Waals surface area contributed by atoms with Gasteiger partial charge in [-0.3, -0.25) is 4.90 Å². The third kappa shape index (κ3) is 5.01. The van der Waals surface area contributed by atoms with Crippen molar-refractivity contribution in [1.29, 1.82) is 0 Å². The summed E-state index contributed by atoms with van der Waals surface area (Å²) in [7, 11) is 3.34. The van der Waals surface area contributed by atoms with Gasteiger partial charge in [-0.1, -0.05) is 36.4 Å². The summed E-state index contributed by atoms with van der Waals surface area (Å²) in [6, 6.07) is 16.9. The number of nitrogens with two attached hydrogens (primary N) is 1. The summed E-state index contributed by atoms with van der Waals surface area (Å²) in [5.74, 6) is 2.50. The SMILES string of the molecule is COCCOc1ccc(CN2C[C@@H](CN)[C@H](c3ccccc3)C2)cc1OC. The molecular formula is C22H30N2O3. The molecule has 2 N–H and O–H groups in total. The minimum atomic E-state index is 0.492. The van der Waals surface area contributed by atoms with Crippen LogP contribution in [-0.4, -0.2) is 52.0 Å². The Morgan fingerprint density at radius 3 is 2.52 bits per heavy atom. The molecule has 1 fully saturated rings. The van der Waals surface area contributed by atoms with Crippen LogP contribution in [0.25, 0.3) is 0 Å². The summed E-state index contributed by atoms with van der Waals surface area (Å²) in [6.07, 6.45) is 0. The molecule has 5 heteroatoms. The smallest absolute Gasteiger partial charge is 0.161 e. The van der Waals surface area contributed by atoms with Crippen LogP contribution in [0.4, 0.5) is 0 Å². The van der Waals surface area contributed by atoms with Gasteiger partial charge in [0.05, 0.1) is 13.7 Å². The molecule has 5 nitrogen and oxygen atoms in total. The molecule has 0 saturated carbocycles. The van der Waals surface area contributed by atoms with Gasteiger partial charge in [0.1, 0.15) is 6.61 Å². The second-order valence-corrected chi connectivity index (χ2v) is 7.03. The fraction of sp³-hybridized carbons (Fsp3) is 0.455. The van der Waals surface area contributed by atoms with E-state index in [2.05, 4.69) is 47.4 Å². The lowest BCUT2D eigenvalue weighted by Crippen LogP contribution is -2.23. The highest BCUT2D eigenvalue weighted by Crippen LogP contribution is 2.34. The minimum Gasteiger partial charge on any atom is -0.493 e. The maximum atomic E-state index is 6.07. The number of ether oxygens (including phenoxy) is 3. The van der Waals surface area contributed by atoms with Gasteiger partial charge in [0.25, 0.3) is 0 Å². The predicted molar refractivity (Wildman–Crippen MR) is 107 cm³/mol. The summed E-state index contributed by atoms with van der Waals surface area (Å²) in [6.45, 7) is 4.71. The first-order valence-corrected chi connectivity index (χ1v) is 9.51. The van der Waals surface area contributed by atoms with E-state index in [1.165, 1.54) is 11.1 Å². The Labute approximate surface area is 162 Å². The van der Waals surface area contributed by atoms with Crippen LogP contribution < -0.4 is 15.2 Å². The Hall–Kier alpha value is -2.08. The van der Waals surface area contributed by atoms with Crippen LogP contribution in [0.1, 0.15) is 17.0 Å². The van der Waals surface area contributed by atoms with Crippen molar-refractivity contribution in [2.24, 2.45) is 11.7 Å².